The maximum Gasteiger partial charge on any atom is 0.152 e. The summed E-state index contributed by atoms with van der Waals surface area (Å²) in [5.41, 5.74) is 0.492. The molecule has 0 bridgehead atoms. The Kier molecular flexibility index (Phi) is 3.20. The SMILES string of the molecule is Cc1nc(NC2(C)CCS(=O)(=O)C2)ccc1Br. The lowest BCUT2D eigenvalue weighted by molar-refractivity contribution is 0.572. The maximum atomic E-state index is 11.5. The van der Waals surface area contributed by atoms with Gasteiger partial charge in [0.05, 0.1) is 22.7 Å². The fourth-order valence-corrected chi connectivity index (χ4v) is 4.35. The summed E-state index contributed by atoms with van der Waals surface area (Å²) in [6.07, 6.45) is 0.631. The van der Waals surface area contributed by atoms with Gasteiger partial charge in [0.1, 0.15) is 5.82 Å². The summed E-state index contributed by atoms with van der Waals surface area (Å²) in [4.78, 5) is 4.38. The van der Waals surface area contributed by atoms with E-state index in [0.717, 1.165) is 16.0 Å². The van der Waals surface area contributed by atoms with Gasteiger partial charge in [0.25, 0.3) is 0 Å². The highest BCUT2D eigenvalue weighted by Crippen LogP contribution is 2.27. The minimum Gasteiger partial charge on any atom is -0.364 e. The molecular formula is C11H15BrN2O2S. The molecule has 1 aromatic rings. The van der Waals surface area contributed by atoms with E-state index in [-0.39, 0.29) is 11.5 Å². The van der Waals surface area contributed by atoms with E-state index in [0.29, 0.717) is 6.42 Å². The van der Waals surface area contributed by atoms with Crippen LogP contribution in [0.2, 0.25) is 0 Å². The molecule has 0 aliphatic carbocycles. The zero-order chi connectivity index (χ0) is 12.7. The summed E-state index contributed by atoms with van der Waals surface area (Å²) in [6.45, 7) is 3.83. The van der Waals surface area contributed by atoms with Gasteiger partial charge in [-0.1, -0.05) is 0 Å². The van der Waals surface area contributed by atoms with Crippen LogP contribution in [0.5, 0.6) is 0 Å². The quantitative estimate of drug-likeness (QED) is 0.907. The fourth-order valence-electron chi connectivity index (χ4n) is 2.03. The summed E-state index contributed by atoms with van der Waals surface area (Å²) in [5.74, 6) is 1.16. The van der Waals surface area contributed by atoms with Crippen molar-refractivity contribution in [1.29, 1.82) is 0 Å². The van der Waals surface area contributed by atoms with Gasteiger partial charge in [0.15, 0.2) is 9.84 Å². The van der Waals surface area contributed by atoms with E-state index in [9.17, 15) is 8.42 Å². The summed E-state index contributed by atoms with van der Waals surface area (Å²) in [7, 11) is -2.89. The number of pyridine rings is 1. The maximum absolute atomic E-state index is 11.5. The number of sulfone groups is 1. The predicted molar refractivity (Wildman–Crippen MR) is 72.0 cm³/mol. The van der Waals surface area contributed by atoms with Crippen LogP contribution in [0, 0.1) is 6.92 Å². The number of aryl methyl sites for hydroxylation is 1. The van der Waals surface area contributed by atoms with Crippen molar-refractivity contribution >= 4 is 31.6 Å². The summed E-state index contributed by atoms with van der Waals surface area (Å²) in [6, 6.07) is 3.77. The van der Waals surface area contributed by atoms with Gasteiger partial charge in [-0.25, -0.2) is 13.4 Å². The molecule has 4 nitrogen and oxygen atoms in total. The third-order valence-electron chi connectivity index (χ3n) is 2.95. The molecule has 0 aromatic carbocycles. The molecule has 17 heavy (non-hydrogen) atoms. The number of aromatic nitrogens is 1. The van der Waals surface area contributed by atoms with Crippen molar-refractivity contribution in [2.24, 2.45) is 0 Å². The Morgan fingerprint density at radius 2 is 2.18 bits per heavy atom. The molecule has 6 heteroatoms. The number of rotatable bonds is 2. The third kappa shape index (κ3) is 2.98. The Labute approximate surface area is 110 Å². The first kappa shape index (κ1) is 12.8. The average Bonchev–Trinajstić information content (AvgIpc) is 2.47. The van der Waals surface area contributed by atoms with Gasteiger partial charge in [0, 0.05) is 4.47 Å². The van der Waals surface area contributed by atoms with Crippen LogP contribution in [0.4, 0.5) is 5.82 Å². The molecule has 1 unspecified atom stereocenters. The molecule has 0 radical (unpaired) electrons. The number of hydrogen-bond acceptors (Lipinski definition) is 4. The second kappa shape index (κ2) is 4.24. The number of hydrogen-bond donors (Lipinski definition) is 1. The van der Waals surface area contributed by atoms with Crippen LogP contribution in [0.1, 0.15) is 19.0 Å². The Morgan fingerprint density at radius 1 is 1.47 bits per heavy atom. The third-order valence-corrected chi connectivity index (χ3v) is 5.70. The minimum atomic E-state index is -2.89. The van der Waals surface area contributed by atoms with Crippen molar-refractivity contribution in [3.05, 3.63) is 22.3 Å². The van der Waals surface area contributed by atoms with Crippen molar-refractivity contribution in [3.63, 3.8) is 0 Å². The summed E-state index contributed by atoms with van der Waals surface area (Å²) in [5, 5.41) is 3.23. The Bertz CT molecular complexity index is 544. The lowest BCUT2D eigenvalue weighted by atomic mass is 10.0. The Morgan fingerprint density at radius 3 is 2.71 bits per heavy atom. The first-order chi connectivity index (χ1) is 7.80. The molecule has 1 aliphatic rings. The van der Waals surface area contributed by atoms with Crippen LogP contribution in [0.15, 0.2) is 16.6 Å². The number of anilines is 1. The lowest BCUT2D eigenvalue weighted by Crippen LogP contribution is -2.36. The van der Waals surface area contributed by atoms with Crippen LogP contribution >= 0.6 is 15.9 Å². The smallest absolute Gasteiger partial charge is 0.152 e. The van der Waals surface area contributed by atoms with E-state index in [4.69, 9.17) is 0 Å². The van der Waals surface area contributed by atoms with Gasteiger partial charge in [0.2, 0.25) is 0 Å². The highest BCUT2D eigenvalue weighted by atomic mass is 79.9. The van der Waals surface area contributed by atoms with Crippen LogP contribution in [0.25, 0.3) is 0 Å². The van der Waals surface area contributed by atoms with Gasteiger partial charge in [-0.3, -0.25) is 0 Å². The standard InChI is InChI=1S/C11H15BrN2O2S/c1-8-9(12)3-4-10(13-8)14-11(2)5-6-17(15,16)7-11/h3-4H,5-7H2,1-2H3,(H,13,14). The van der Waals surface area contributed by atoms with Crippen molar-refractivity contribution in [2.75, 3.05) is 16.8 Å². The number of nitrogens with one attached hydrogen (secondary N) is 1. The highest BCUT2D eigenvalue weighted by Gasteiger charge is 2.38. The Hall–Kier alpha value is -0.620. The summed E-state index contributed by atoms with van der Waals surface area (Å²) >= 11 is 3.39. The van der Waals surface area contributed by atoms with Crippen LogP contribution in [-0.2, 0) is 9.84 Å². The van der Waals surface area contributed by atoms with Crippen molar-refractivity contribution in [2.45, 2.75) is 25.8 Å². The molecule has 1 aromatic heterocycles. The van der Waals surface area contributed by atoms with Gasteiger partial charge in [-0.05, 0) is 48.3 Å². The molecule has 2 heterocycles. The molecule has 0 saturated carbocycles. The average molecular weight is 319 g/mol. The molecule has 1 saturated heterocycles. The topological polar surface area (TPSA) is 59.1 Å². The first-order valence-corrected chi connectivity index (χ1v) is 8.03. The molecule has 2 rings (SSSR count). The van der Waals surface area contributed by atoms with E-state index >= 15 is 0 Å². The van der Waals surface area contributed by atoms with Crippen LogP contribution in [-0.4, -0.2) is 30.4 Å². The van der Waals surface area contributed by atoms with Gasteiger partial charge in [-0.15, -0.1) is 0 Å². The molecular weight excluding hydrogens is 304 g/mol. The number of halogens is 1. The van der Waals surface area contributed by atoms with Gasteiger partial charge >= 0.3 is 0 Å². The van der Waals surface area contributed by atoms with Crippen molar-refractivity contribution < 1.29 is 8.42 Å². The molecule has 94 valence electrons. The minimum absolute atomic E-state index is 0.177. The highest BCUT2D eigenvalue weighted by molar-refractivity contribution is 9.10. The number of nitrogens with zero attached hydrogens (tertiary/aromatic N) is 1. The Balaban J connectivity index is 2.19. The molecule has 0 amide bonds. The molecule has 1 aliphatic heterocycles. The van der Waals surface area contributed by atoms with Crippen LogP contribution < -0.4 is 5.32 Å². The van der Waals surface area contributed by atoms with Crippen molar-refractivity contribution in [1.82, 2.24) is 4.98 Å². The van der Waals surface area contributed by atoms with E-state index in [1.54, 1.807) is 0 Å². The van der Waals surface area contributed by atoms with Gasteiger partial charge < -0.3 is 5.32 Å². The fraction of sp³-hybridized carbons (Fsp3) is 0.545. The largest absolute Gasteiger partial charge is 0.364 e. The lowest BCUT2D eigenvalue weighted by Gasteiger charge is -2.24. The monoisotopic (exact) mass is 318 g/mol. The van der Waals surface area contributed by atoms with E-state index in [1.165, 1.54) is 0 Å². The predicted octanol–water partition coefficient (Wildman–Crippen LogP) is 2.14. The zero-order valence-corrected chi connectivity index (χ0v) is 12.2. The van der Waals surface area contributed by atoms with Crippen molar-refractivity contribution in [3.8, 4) is 0 Å². The van der Waals surface area contributed by atoms with E-state index in [2.05, 4.69) is 26.2 Å². The first-order valence-electron chi connectivity index (χ1n) is 5.41. The molecule has 0 spiro atoms. The van der Waals surface area contributed by atoms with Crippen LogP contribution in [0.3, 0.4) is 0 Å². The molecule has 1 N–H and O–H groups in total. The molecule has 1 atom stereocenters. The van der Waals surface area contributed by atoms with Gasteiger partial charge in [-0.2, -0.15) is 0 Å². The normalized spacial score (nSPS) is 27.0. The zero-order valence-electron chi connectivity index (χ0n) is 9.83. The summed E-state index contributed by atoms with van der Waals surface area (Å²) < 4.78 is 23.9. The van der Waals surface area contributed by atoms with E-state index < -0.39 is 15.4 Å². The second-order valence-corrected chi connectivity index (χ2v) is 7.83. The molecule has 1 fully saturated rings. The second-order valence-electron chi connectivity index (χ2n) is 4.79. The van der Waals surface area contributed by atoms with E-state index in [1.807, 2.05) is 26.0 Å².